The number of nitriles is 1. The molecule has 0 unspecified atom stereocenters. The lowest BCUT2D eigenvalue weighted by Crippen LogP contribution is -1.93. The minimum absolute atomic E-state index is 0.514. The van der Waals surface area contributed by atoms with Gasteiger partial charge in [0.05, 0.1) is 5.56 Å². The summed E-state index contributed by atoms with van der Waals surface area (Å²) in [5.74, 6) is 0.627. The first-order valence-electron chi connectivity index (χ1n) is 4.76. The molecule has 17 heavy (non-hydrogen) atoms. The van der Waals surface area contributed by atoms with Crippen LogP contribution < -0.4 is 5.32 Å². The van der Waals surface area contributed by atoms with Crippen molar-refractivity contribution in [3.8, 4) is 6.07 Å². The summed E-state index contributed by atoms with van der Waals surface area (Å²) >= 11 is 11.8. The van der Waals surface area contributed by atoms with Crippen molar-refractivity contribution in [2.75, 3.05) is 5.32 Å². The van der Waals surface area contributed by atoms with E-state index in [4.69, 9.17) is 28.5 Å². The highest BCUT2D eigenvalue weighted by molar-refractivity contribution is 6.35. The van der Waals surface area contributed by atoms with Crippen molar-refractivity contribution in [2.45, 2.75) is 0 Å². The number of rotatable bonds is 2. The molecular formula is C12H7Cl2N3. The Morgan fingerprint density at radius 3 is 2.35 bits per heavy atom. The molecule has 1 aromatic heterocycles. The van der Waals surface area contributed by atoms with Crippen molar-refractivity contribution in [2.24, 2.45) is 0 Å². The van der Waals surface area contributed by atoms with Crippen LogP contribution >= 0.6 is 23.2 Å². The van der Waals surface area contributed by atoms with Crippen molar-refractivity contribution in [1.82, 2.24) is 4.98 Å². The van der Waals surface area contributed by atoms with Gasteiger partial charge < -0.3 is 5.32 Å². The molecule has 2 aromatic rings. The monoisotopic (exact) mass is 263 g/mol. The molecule has 0 saturated carbocycles. The van der Waals surface area contributed by atoms with Gasteiger partial charge in [-0.25, -0.2) is 4.98 Å². The van der Waals surface area contributed by atoms with Crippen molar-refractivity contribution in [1.29, 1.82) is 5.26 Å². The zero-order chi connectivity index (χ0) is 12.3. The molecule has 5 heteroatoms. The molecule has 1 aromatic carbocycles. The minimum atomic E-state index is 0.514. The second-order valence-electron chi connectivity index (χ2n) is 3.33. The summed E-state index contributed by atoms with van der Waals surface area (Å²) in [5, 5.41) is 12.8. The first-order valence-corrected chi connectivity index (χ1v) is 5.52. The quantitative estimate of drug-likeness (QED) is 0.891. The van der Waals surface area contributed by atoms with Crippen LogP contribution in [0.1, 0.15) is 5.56 Å². The Bertz CT molecular complexity index is 553. The van der Waals surface area contributed by atoms with Gasteiger partial charge in [-0.05, 0) is 30.3 Å². The summed E-state index contributed by atoms with van der Waals surface area (Å²) in [6.45, 7) is 0. The first kappa shape index (κ1) is 11.7. The van der Waals surface area contributed by atoms with Crippen LogP contribution in [0.4, 0.5) is 11.5 Å². The fourth-order valence-corrected chi connectivity index (χ4v) is 1.83. The molecule has 1 N–H and O–H groups in total. The summed E-state index contributed by atoms with van der Waals surface area (Å²) < 4.78 is 0. The van der Waals surface area contributed by atoms with Gasteiger partial charge in [-0.15, -0.1) is 0 Å². The second kappa shape index (κ2) is 5.05. The van der Waals surface area contributed by atoms with Gasteiger partial charge in [0.15, 0.2) is 0 Å². The smallest absolute Gasteiger partial charge is 0.130 e. The van der Waals surface area contributed by atoms with E-state index in [-0.39, 0.29) is 0 Å². The Morgan fingerprint density at radius 1 is 1.12 bits per heavy atom. The maximum absolute atomic E-state index is 8.65. The average Bonchev–Trinajstić information content (AvgIpc) is 2.28. The normalized spacial score (nSPS) is 9.71. The van der Waals surface area contributed by atoms with Crippen LogP contribution in [0.3, 0.4) is 0 Å². The number of anilines is 2. The molecule has 0 amide bonds. The number of benzene rings is 1. The maximum Gasteiger partial charge on any atom is 0.130 e. The van der Waals surface area contributed by atoms with Crippen molar-refractivity contribution in [3.63, 3.8) is 0 Å². The fraction of sp³-hybridized carbons (Fsp3) is 0. The van der Waals surface area contributed by atoms with E-state index in [1.54, 1.807) is 30.3 Å². The van der Waals surface area contributed by atoms with Crippen molar-refractivity contribution < 1.29 is 0 Å². The molecule has 0 radical (unpaired) electrons. The number of nitrogens with zero attached hydrogens (tertiary/aromatic N) is 2. The standard InChI is InChI=1S/C12H7Cl2N3/c13-9-3-10(14)5-11(4-9)17-12-2-1-8(6-15)7-16-12/h1-5,7H,(H,16,17). The van der Waals surface area contributed by atoms with Crippen molar-refractivity contribution >= 4 is 34.7 Å². The second-order valence-corrected chi connectivity index (χ2v) is 4.20. The summed E-state index contributed by atoms with van der Waals surface area (Å²) in [4.78, 5) is 4.08. The molecule has 84 valence electrons. The topological polar surface area (TPSA) is 48.7 Å². The van der Waals surface area contributed by atoms with E-state index in [2.05, 4.69) is 10.3 Å². The molecule has 0 aliphatic carbocycles. The molecule has 0 spiro atoms. The van der Waals surface area contributed by atoms with Crippen molar-refractivity contribution in [3.05, 3.63) is 52.1 Å². The third-order valence-corrected chi connectivity index (χ3v) is 2.46. The Balaban J connectivity index is 2.22. The van der Waals surface area contributed by atoms with E-state index in [1.165, 1.54) is 6.20 Å². The number of aromatic nitrogens is 1. The third-order valence-electron chi connectivity index (χ3n) is 2.03. The van der Waals surface area contributed by atoms with Crippen LogP contribution in [0.2, 0.25) is 10.0 Å². The van der Waals surface area contributed by atoms with Gasteiger partial charge in [0.25, 0.3) is 0 Å². The molecule has 3 nitrogen and oxygen atoms in total. The van der Waals surface area contributed by atoms with E-state index >= 15 is 0 Å². The predicted octanol–water partition coefficient (Wildman–Crippen LogP) is 4.00. The Kier molecular flexibility index (Phi) is 3.48. The van der Waals surface area contributed by atoms with Crippen LogP contribution in [-0.2, 0) is 0 Å². The highest BCUT2D eigenvalue weighted by Gasteiger charge is 2.00. The molecule has 2 rings (SSSR count). The van der Waals surface area contributed by atoms with E-state index in [0.29, 0.717) is 21.4 Å². The van der Waals surface area contributed by atoms with Crippen LogP contribution in [0.15, 0.2) is 36.5 Å². The highest BCUT2D eigenvalue weighted by atomic mass is 35.5. The van der Waals surface area contributed by atoms with Gasteiger partial charge in [-0.2, -0.15) is 5.26 Å². The third kappa shape index (κ3) is 3.10. The van der Waals surface area contributed by atoms with Gasteiger partial charge in [0.2, 0.25) is 0 Å². The molecule has 0 aliphatic heterocycles. The van der Waals surface area contributed by atoms with Gasteiger partial charge in [0.1, 0.15) is 11.9 Å². The molecule has 1 heterocycles. The highest BCUT2D eigenvalue weighted by Crippen LogP contribution is 2.24. The van der Waals surface area contributed by atoms with Crippen LogP contribution in [-0.4, -0.2) is 4.98 Å². The zero-order valence-electron chi connectivity index (χ0n) is 8.61. The Labute approximate surface area is 109 Å². The van der Waals surface area contributed by atoms with Gasteiger partial charge in [-0.1, -0.05) is 23.2 Å². The van der Waals surface area contributed by atoms with E-state index in [1.807, 2.05) is 6.07 Å². The molecule has 0 saturated heterocycles. The Morgan fingerprint density at radius 2 is 1.82 bits per heavy atom. The minimum Gasteiger partial charge on any atom is -0.340 e. The first-order chi connectivity index (χ1) is 8.17. The van der Waals surface area contributed by atoms with Gasteiger partial charge >= 0.3 is 0 Å². The number of nitrogens with one attached hydrogen (secondary N) is 1. The average molecular weight is 264 g/mol. The summed E-state index contributed by atoms with van der Waals surface area (Å²) in [6.07, 6.45) is 1.49. The SMILES string of the molecule is N#Cc1ccc(Nc2cc(Cl)cc(Cl)c2)nc1. The van der Waals surface area contributed by atoms with E-state index in [9.17, 15) is 0 Å². The lowest BCUT2D eigenvalue weighted by Gasteiger charge is -2.06. The lowest BCUT2D eigenvalue weighted by molar-refractivity contribution is 1.29. The molecular weight excluding hydrogens is 257 g/mol. The van der Waals surface area contributed by atoms with Crippen LogP contribution in [0.5, 0.6) is 0 Å². The predicted molar refractivity (Wildman–Crippen MR) is 68.7 cm³/mol. The largest absolute Gasteiger partial charge is 0.340 e. The van der Waals surface area contributed by atoms with E-state index < -0.39 is 0 Å². The Hall–Kier alpha value is -1.76. The zero-order valence-corrected chi connectivity index (χ0v) is 10.1. The van der Waals surface area contributed by atoms with Gasteiger partial charge in [-0.3, -0.25) is 0 Å². The molecule has 0 aliphatic rings. The lowest BCUT2D eigenvalue weighted by atomic mass is 10.3. The van der Waals surface area contributed by atoms with E-state index in [0.717, 1.165) is 5.69 Å². The number of hydrogen-bond donors (Lipinski definition) is 1. The molecule has 0 atom stereocenters. The molecule has 0 bridgehead atoms. The number of pyridine rings is 1. The van der Waals surface area contributed by atoms with Gasteiger partial charge in [0, 0.05) is 21.9 Å². The molecule has 0 fully saturated rings. The van der Waals surface area contributed by atoms with Crippen LogP contribution in [0.25, 0.3) is 0 Å². The number of hydrogen-bond acceptors (Lipinski definition) is 3. The summed E-state index contributed by atoms with van der Waals surface area (Å²) in [6, 6.07) is 10.5. The summed E-state index contributed by atoms with van der Waals surface area (Å²) in [5.41, 5.74) is 1.26. The fourth-order valence-electron chi connectivity index (χ4n) is 1.31. The summed E-state index contributed by atoms with van der Waals surface area (Å²) in [7, 11) is 0. The van der Waals surface area contributed by atoms with Crippen LogP contribution in [0, 0.1) is 11.3 Å². The maximum atomic E-state index is 8.65. The number of halogens is 2.